The van der Waals surface area contributed by atoms with E-state index in [-0.39, 0.29) is 5.91 Å². The van der Waals surface area contributed by atoms with Crippen molar-refractivity contribution in [1.82, 2.24) is 10.4 Å². The number of benzene rings is 4. The van der Waals surface area contributed by atoms with Crippen LogP contribution in [0.4, 0.5) is 10.8 Å². The fourth-order valence-electron chi connectivity index (χ4n) is 3.94. The molecule has 0 fully saturated rings. The molecule has 0 aliphatic heterocycles. The van der Waals surface area contributed by atoms with Crippen LogP contribution in [0.3, 0.4) is 0 Å². The number of hydrogen-bond acceptors (Lipinski definition) is 7. The molecule has 1 amide bonds. The molecule has 0 unspecified atom stereocenters. The zero-order chi connectivity index (χ0) is 29.5. The molecular weight excluding hydrogens is 591 g/mol. The lowest BCUT2D eigenvalue weighted by Gasteiger charge is -2.13. The summed E-state index contributed by atoms with van der Waals surface area (Å²) in [5.41, 5.74) is 8.43. The van der Waals surface area contributed by atoms with Gasteiger partial charge in [-0.15, -0.1) is 11.3 Å². The standard InChI is InChI=1S/C32H26Cl2N4O3S/c1-20-3-5-21(6-4-20)18-41-30-27(34)15-22(16-29(30)40-2)17-35-38-31(39)24-9-7-23(8-10-24)28-19-42-32(37-28)36-26-13-11-25(33)12-14-26/h3-17,19H,18H2,1-2H3,(H,36,37)(H,38,39)/b35-17-. The quantitative estimate of drug-likeness (QED) is 0.121. The third-order valence-electron chi connectivity index (χ3n) is 6.18. The molecule has 0 saturated carbocycles. The van der Waals surface area contributed by atoms with E-state index >= 15 is 0 Å². The number of ether oxygens (including phenoxy) is 2. The van der Waals surface area contributed by atoms with Crippen LogP contribution in [0.1, 0.15) is 27.0 Å². The van der Waals surface area contributed by atoms with Crippen LogP contribution in [0, 0.1) is 6.92 Å². The van der Waals surface area contributed by atoms with E-state index in [2.05, 4.69) is 20.8 Å². The molecule has 1 aromatic heterocycles. The van der Waals surface area contributed by atoms with Crippen molar-refractivity contribution in [3.05, 3.63) is 123 Å². The lowest BCUT2D eigenvalue weighted by atomic mass is 10.1. The summed E-state index contributed by atoms with van der Waals surface area (Å²) in [5, 5.41) is 11.1. The first-order valence-corrected chi connectivity index (χ1v) is 14.5. The van der Waals surface area contributed by atoms with E-state index in [1.54, 1.807) is 31.4 Å². The highest BCUT2D eigenvalue weighted by atomic mass is 35.5. The Hall–Kier alpha value is -4.37. The number of rotatable bonds is 10. The molecule has 10 heteroatoms. The Bertz CT molecular complexity index is 1700. The van der Waals surface area contributed by atoms with E-state index in [4.69, 9.17) is 32.7 Å². The molecule has 4 aromatic carbocycles. The molecule has 212 valence electrons. The maximum atomic E-state index is 12.7. The first kappa shape index (κ1) is 29.1. The number of thiazole rings is 1. The number of methoxy groups -OCH3 is 1. The number of hydrogen-bond donors (Lipinski definition) is 2. The van der Waals surface area contributed by atoms with Crippen molar-refractivity contribution in [2.75, 3.05) is 12.4 Å². The molecule has 0 radical (unpaired) electrons. The minimum Gasteiger partial charge on any atom is -0.493 e. The van der Waals surface area contributed by atoms with Crippen molar-refractivity contribution < 1.29 is 14.3 Å². The highest BCUT2D eigenvalue weighted by Gasteiger charge is 2.13. The van der Waals surface area contributed by atoms with Gasteiger partial charge in [0.2, 0.25) is 0 Å². The Kier molecular flexibility index (Phi) is 9.38. The molecule has 1 heterocycles. The first-order valence-electron chi connectivity index (χ1n) is 12.9. The Morgan fingerprint density at radius 2 is 1.74 bits per heavy atom. The number of halogens is 2. The topological polar surface area (TPSA) is 84.8 Å². The van der Waals surface area contributed by atoms with Gasteiger partial charge in [-0.25, -0.2) is 10.4 Å². The Morgan fingerprint density at radius 1 is 1.00 bits per heavy atom. The highest BCUT2D eigenvalue weighted by molar-refractivity contribution is 7.14. The average Bonchev–Trinajstić information content (AvgIpc) is 3.47. The monoisotopic (exact) mass is 616 g/mol. The molecule has 5 rings (SSSR count). The van der Waals surface area contributed by atoms with E-state index in [0.717, 1.165) is 27.6 Å². The van der Waals surface area contributed by atoms with Gasteiger partial charge in [0.25, 0.3) is 5.91 Å². The minimum atomic E-state index is -0.350. The lowest BCUT2D eigenvalue weighted by molar-refractivity contribution is 0.0955. The fraction of sp³-hybridized carbons (Fsp3) is 0.0938. The van der Waals surface area contributed by atoms with Crippen molar-refractivity contribution in [2.24, 2.45) is 5.10 Å². The molecule has 7 nitrogen and oxygen atoms in total. The molecule has 0 aliphatic carbocycles. The van der Waals surface area contributed by atoms with Gasteiger partial charge in [0.05, 0.1) is 24.0 Å². The van der Waals surface area contributed by atoms with Crippen LogP contribution < -0.4 is 20.2 Å². The molecule has 0 aliphatic rings. The fourth-order valence-corrected chi connectivity index (χ4v) is 5.08. The summed E-state index contributed by atoms with van der Waals surface area (Å²) in [6.07, 6.45) is 1.49. The van der Waals surface area contributed by atoms with Crippen molar-refractivity contribution in [3.8, 4) is 22.8 Å². The maximum absolute atomic E-state index is 12.7. The second kappa shape index (κ2) is 13.5. The molecule has 0 atom stereocenters. The van der Waals surface area contributed by atoms with Gasteiger partial charge in [0.15, 0.2) is 16.6 Å². The minimum absolute atomic E-state index is 0.350. The van der Waals surface area contributed by atoms with Crippen LogP contribution in [-0.2, 0) is 6.61 Å². The normalized spacial score (nSPS) is 11.0. The number of nitrogens with one attached hydrogen (secondary N) is 2. The summed E-state index contributed by atoms with van der Waals surface area (Å²) in [4.78, 5) is 17.3. The van der Waals surface area contributed by atoms with Gasteiger partial charge < -0.3 is 14.8 Å². The van der Waals surface area contributed by atoms with E-state index in [1.807, 2.05) is 73.0 Å². The number of hydrazone groups is 1. The second-order valence-electron chi connectivity index (χ2n) is 9.25. The maximum Gasteiger partial charge on any atom is 0.271 e. The van der Waals surface area contributed by atoms with Crippen molar-refractivity contribution >= 4 is 57.5 Å². The average molecular weight is 618 g/mol. The number of anilines is 2. The Labute approximate surface area is 257 Å². The summed E-state index contributed by atoms with van der Waals surface area (Å²) < 4.78 is 11.4. The highest BCUT2D eigenvalue weighted by Crippen LogP contribution is 2.36. The van der Waals surface area contributed by atoms with Gasteiger partial charge in [-0.2, -0.15) is 5.10 Å². The first-order chi connectivity index (χ1) is 20.4. The van der Waals surface area contributed by atoms with Gasteiger partial charge in [-0.1, -0.05) is 65.2 Å². The van der Waals surface area contributed by atoms with Crippen molar-refractivity contribution in [1.29, 1.82) is 0 Å². The van der Waals surface area contributed by atoms with Crippen LogP contribution in [0.15, 0.2) is 95.4 Å². The summed E-state index contributed by atoms with van der Waals surface area (Å²) >= 11 is 13.9. The summed E-state index contributed by atoms with van der Waals surface area (Å²) in [7, 11) is 1.54. The second-order valence-corrected chi connectivity index (χ2v) is 11.0. The number of amides is 1. The van der Waals surface area contributed by atoms with E-state index in [0.29, 0.717) is 39.3 Å². The molecular formula is C32H26Cl2N4O3S. The van der Waals surface area contributed by atoms with Gasteiger partial charge in [-0.3, -0.25) is 4.79 Å². The predicted octanol–water partition coefficient (Wildman–Crippen LogP) is 8.52. The Morgan fingerprint density at radius 3 is 2.45 bits per heavy atom. The van der Waals surface area contributed by atoms with Crippen molar-refractivity contribution in [2.45, 2.75) is 13.5 Å². The third kappa shape index (κ3) is 7.47. The lowest BCUT2D eigenvalue weighted by Crippen LogP contribution is -2.17. The van der Waals surface area contributed by atoms with Crippen LogP contribution in [0.5, 0.6) is 11.5 Å². The van der Waals surface area contributed by atoms with E-state index < -0.39 is 0 Å². The Balaban J connectivity index is 1.18. The van der Waals surface area contributed by atoms with Crippen molar-refractivity contribution in [3.63, 3.8) is 0 Å². The zero-order valence-electron chi connectivity index (χ0n) is 22.7. The number of aryl methyl sites for hydroxylation is 1. The SMILES string of the molecule is COc1cc(/C=N\NC(=O)c2ccc(-c3csc(Nc4ccc(Cl)cc4)n3)cc2)cc(Cl)c1OCc1ccc(C)cc1. The van der Waals surface area contributed by atoms with Gasteiger partial charge in [0.1, 0.15) is 6.61 Å². The summed E-state index contributed by atoms with van der Waals surface area (Å²) in [5.74, 6) is 0.554. The summed E-state index contributed by atoms with van der Waals surface area (Å²) in [6.45, 7) is 2.38. The van der Waals surface area contributed by atoms with Crippen LogP contribution in [0.25, 0.3) is 11.3 Å². The molecule has 2 N–H and O–H groups in total. The third-order valence-corrected chi connectivity index (χ3v) is 7.47. The van der Waals surface area contributed by atoms with Gasteiger partial charge in [-0.05, 0) is 66.6 Å². The van der Waals surface area contributed by atoms with E-state index in [1.165, 1.54) is 23.1 Å². The smallest absolute Gasteiger partial charge is 0.271 e. The molecule has 0 saturated heterocycles. The van der Waals surface area contributed by atoms with Gasteiger partial charge in [0, 0.05) is 27.2 Å². The largest absolute Gasteiger partial charge is 0.493 e. The van der Waals surface area contributed by atoms with Crippen LogP contribution >= 0.6 is 34.5 Å². The number of nitrogens with zero attached hydrogens (tertiary/aromatic N) is 2. The predicted molar refractivity (Wildman–Crippen MR) is 171 cm³/mol. The molecule has 42 heavy (non-hydrogen) atoms. The zero-order valence-corrected chi connectivity index (χ0v) is 25.1. The van der Waals surface area contributed by atoms with Crippen LogP contribution in [-0.4, -0.2) is 24.2 Å². The number of carbonyl (C=O) groups excluding carboxylic acids is 1. The van der Waals surface area contributed by atoms with Crippen LogP contribution in [0.2, 0.25) is 10.0 Å². The molecule has 5 aromatic rings. The van der Waals surface area contributed by atoms with E-state index in [9.17, 15) is 4.79 Å². The molecule has 0 bridgehead atoms. The summed E-state index contributed by atoms with van der Waals surface area (Å²) in [6, 6.07) is 26.1. The number of aromatic nitrogens is 1. The number of carbonyl (C=O) groups is 1. The van der Waals surface area contributed by atoms with Gasteiger partial charge >= 0.3 is 0 Å². The molecule has 0 spiro atoms.